The van der Waals surface area contributed by atoms with Crippen LogP contribution in [0.25, 0.3) is 0 Å². The van der Waals surface area contributed by atoms with Gasteiger partial charge in [-0.25, -0.2) is 4.79 Å². The lowest BCUT2D eigenvalue weighted by Crippen LogP contribution is -2.36. The normalized spacial score (nSPS) is 30.6. The van der Waals surface area contributed by atoms with E-state index in [1.807, 2.05) is 0 Å². The van der Waals surface area contributed by atoms with E-state index in [2.05, 4.69) is 4.74 Å². The van der Waals surface area contributed by atoms with Crippen LogP contribution in [-0.2, 0) is 9.53 Å². The maximum Gasteiger partial charge on any atom is 0.335 e. The average molecular weight is 192 g/mol. The van der Waals surface area contributed by atoms with E-state index >= 15 is 0 Å². The fraction of sp³-hybridized carbons (Fsp3) is 0.500. The molecule has 0 bridgehead atoms. The summed E-state index contributed by atoms with van der Waals surface area (Å²) < 4.78 is 4.36. The Kier molecular flexibility index (Phi) is 2.41. The first kappa shape index (κ1) is 9.78. The molecule has 0 fully saturated rings. The molecule has 13 heavy (non-hydrogen) atoms. The van der Waals surface area contributed by atoms with E-state index in [0.717, 1.165) is 0 Å². The third-order valence-corrected chi connectivity index (χ3v) is 1.58. The van der Waals surface area contributed by atoms with Crippen LogP contribution >= 0.6 is 0 Å². The first-order chi connectivity index (χ1) is 5.95. The smallest absolute Gasteiger partial charge is 0.335 e. The maximum absolute atomic E-state index is 10.2. The quantitative estimate of drug-likeness (QED) is 0.359. The first-order valence-electron chi connectivity index (χ1n) is 3.31. The van der Waals surface area contributed by atoms with Crippen molar-refractivity contribution in [1.29, 1.82) is 0 Å². The van der Waals surface area contributed by atoms with Gasteiger partial charge in [0.1, 0.15) is 0 Å². The summed E-state index contributed by atoms with van der Waals surface area (Å²) in [6.45, 7) is 0. The van der Waals surface area contributed by atoms with Gasteiger partial charge in [-0.05, 0) is 0 Å². The Balaban J connectivity index is 2.82. The van der Waals surface area contributed by atoms with Crippen molar-refractivity contribution in [2.24, 2.45) is 0 Å². The monoisotopic (exact) mass is 192 g/mol. The number of hydrogen-bond acceptors (Lipinski definition) is 6. The van der Waals surface area contributed by atoms with Crippen molar-refractivity contribution in [3.8, 4) is 0 Å². The minimum Gasteiger partial charge on any atom is -0.506 e. The number of carboxylic acids is 1. The number of carbonyl (C=O) groups is 1. The number of aliphatic hydroxyl groups is 4. The molecule has 1 heterocycles. The predicted molar refractivity (Wildman–Crippen MR) is 36.8 cm³/mol. The van der Waals surface area contributed by atoms with Gasteiger partial charge in [0.25, 0.3) is 0 Å². The van der Waals surface area contributed by atoms with Crippen LogP contribution in [0.15, 0.2) is 11.5 Å². The standard InChI is InChI=1S/C6H8O7/c7-1-2(8)6(12)13-4(1)3(9)5(10)11/h3-4,6-9,12H,(H,10,11)/t3-,4+,6?/m1/s1. The highest BCUT2D eigenvalue weighted by Crippen LogP contribution is 2.24. The van der Waals surface area contributed by atoms with Crippen molar-refractivity contribution in [3.05, 3.63) is 11.5 Å². The molecule has 1 unspecified atom stereocenters. The molecule has 0 saturated carbocycles. The van der Waals surface area contributed by atoms with Crippen molar-refractivity contribution in [3.63, 3.8) is 0 Å². The van der Waals surface area contributed by atoms with Crippen LogP contribution in [0.5, 0.6) is 0 Å². The Bertz CT molecular complexity index is 258. The molecule has 1 rings (SSSR count). The third kappa shape index (κ3) is 1.57. The van der Waals surface area contributed by atoms with Gasteiger partial charge in [-0.15, -0.1) is 0 Å². The zero-order valence-corrected chi connectivity index (χ0v) is 6.28. The van der Waals surface area contributed by atoms with E-state index < -0.39 is 36.0 Å². The van der Waals surface area contributed by atoms with Crippen molar-refractivity contribution >= 4 is 5.97 Å². The van der Waals surface area contributed by atoms with Gasteiger partial charge in [-0.1, -0.05) is 0 Å². The number of carboxylic acid groups (broad SMARTS) is 1. The van der Waals surface area contributed by atoms with Crippen molar-refractivity contribution in [2.45, 2.75) is 18.5 Å². The molecule has 0 spiro atoms. The second kappa shape index (κ2) is 3.21. The van der Waals surface area contributed by atoms with Crippen LogP contribution in [0.1, 0.15) is 0 Å². The molecule has 5 N–H and O–H groups in total. The van der Waals surface area contributed by atoms with E-state index in [1.54, 1.807) is 0 Å². The summed E-state index contributed by atoms with van der Waals surface area (Å²) >= 11 is 0. The summed E-state index contributed by atoms with van der Waals surface area (Å²) in [6.07, 6.45) is -5.45. The molecular weight excluding hydrogens is 184 g/mol. The molecule has 0 saturated heterocycles. The Hall–Kier alpha value is -1.31. The van der Waals surface area contributed by atoms with Crippen LogP contribution < -0.4 is 0 Å². The molecule has 0 aromatic heterocycles. The molecule has 1 aliphatic heterocycles. The van der Waals surface area contributed by atoms with Crippen molar-refractivity contribution in [1.82, 2.24) is 0 Å². The molecule has 7 heteroatoms. The summed E-state index contributed by atoms with van der Waals surface area (Å²) in [5.41, 5.74) is 0. The maximum atomic E-state index is 10.2. The molecule has 0 amide bonds. The van der Waals surface area contributed by atoms with Crippen molar-refractivity contribution in [2.75, 3.05) is 0 Å². The highest BCUT2D eigenvalue weighted by molar-refractivity contribution is 5.73. The van der Waals surface area contributed by atoms with Crippen LogP contribution in [0.4, 0.5) is 0 Å². The second-order valence-corrected chi connectivity index (χ2v) is 2.46. The SMILES string of the molecule is O=C(O)[C@H](O)[C@H]1OC(O)C(O)=C1O. The molecule has 1 aliphatic rings. The molecule has 0 radical (unpaired) electrons. The summed E-state index contributed by atoms with van der Waals surface area (Å²) in [5.74, 6) is -3.38. The lowest BCUT2D eigenvalue weighted by molar-refractivity contribution is -0.165. The second-order valence-electron chi connectivity index (χ2n) is 2.46. The van der Waals surface area contributed by atoms with Crippen LogP contribution in [0.2, 0.25) is 0 Å². The molecule has 3 atom stereocenters. The number of ether oxygens (including phenoxy) is 1. The van der Waals surface area contributed by atoms with E-state index in [0.29, 0.717) is 0 Å². The largest absolute Gasteiger partial charge is 0.506 e. The van der Waals surface area contributed by atoms with Gasteiger partial charge in [0.05, 0.1) is 0 Å². The van der Waals surface area contributed by atoms with Crippen molar-refractivity contribution < 1.29 is 35.1 Å². The summed E-state index contributed by atoms with van der Waals surface area (Å²) in [7, 11) is 0. The summed E-state index contributed by atoms with van der Waals surface area (Å²) in [4.78, 5) is 10.2. The molecule has 0 aromatic carbocycles. The fourth-order valence-electron chi connectivity index (χ4n) is 0.893. The summed E-state index contributed by atoms with van der Waals surface area (Å²) in [5, 5.41) is 43.8. The lowest BCUT2D eigenvalue weighted by Gasteiger charge is -2.13. The number of hydrogen-bond donors (Lipinski definition) is 5. The minimum absolute atomic E-state index is 0.873. The van der Waals surface area contributed by atoms with Gasteiger partial charge >= 0.3 is 5.97 Å². The molecular formula is C6H8O7. The highest BCUT2D eigenvalue weighted by Gasteiger charge is 2.41. The van der Waals surface area contributed by atoms with Gasteiger partial charge < -0.3 is 30.3 Å². The Morgan fingerprint density at radius 3 is 2.23 bits per heavy atom. The zero-order chi connectivity index (χ0) is 10.2. The van der Waals surface area contributed by atoms with Gasteiger partial charge in [0, 0.05) is 0 Å². The lowest BCUT2D eigenvalue weighted by atomic mass is 10.2. The van der Waals surface area contributed by atoms with Crippen LogP contribution in [0.3, 0.4) is 0 Å². The summed E-state index contributed by atoms with van der Waals surface area (Å²) in [6, 6.07) is 0. The molecule has 0 aromatic rings. The molecule has 0 aliphatic carbocycles. The van der Waals surface area contributed by atoms with E-state index in [1.165, 1.54) is 0 Å². The first-order valence-corrected chi connectivity index (χ1v) is 3.31. The number of aliphatic carboxylic acids is 1. The third-order valence-electron chi connectivity index (χ3n) is 1.58. The van der Waals surface area contributed by atoms with Gasteiger partial charge in [-0.3, -0.25) is 0 Å². The fourth-order valence-corrected chi connectivity index (χ4v) is 0.893. The van der Waals surface area contributed by atoms with E-state index in [9.17, 15) is 4.79 Å². The Labute approximate surface area is 72.1 Å². The number of aliphatic hydroxyl groups excluding tert-OH is 4. The zero-order valence-electron chi connectivity index (χ0n) is 6.28. The minimum atomic E-state index is -2.03. The average Bonchev–Trinajstić information content (AvgIpc) is 2.31. The molecule has 74 valence electrons. The topological polar surface area (TPSA) is 127 Å². The Morgan fingerprint density at radius 1 is 1.38 bits per heavy atom. The Morgan fingerprint density at radius 2 is 1.92 bits per heavy atom. The van der Waals surface area contributed by atoms with E-state index in [4.69, 9.17) is 25.5 Å². The van der Waals surface area contributed by atoms with Gasteiger partial charge in [-0.2, -0.15) is 0 Å². The predicted octanol–water partition coefficient (Wildman–Crippen LogP) is -1.52. The van der Waals surface area contributed by atoms with Gasteiger partial charge in [0.15, 0.2) is 23.7 Å². The van der Waals surface area contributed by atoms with Crippen LogP contribution in [0, 0.1) is 0 Å². The number of rotatable bonds is 2. The van der Waals surface area contributed by atoms with Crippen LogP contribution in [-0.4, -0.2) is 50.0 Å². The van der Waals surface area contributed by atoms with Gasteiger partial charge in [0.2, 0.25) is 6.29 Å². The van der Waals surface area contributed by atoms with E-state index in [-0.39, 0.29) is 0 Å². The molecule has 7 nitrogen and oxygen atoms in total. The highest BCUT2D eigenvalue weighted by atomic mass is 16.6.